The Kier molecular flexibility index (Phi) is 3.56. The largest absolute Gasteiger partial charge is 0.420 e. The van der Waals surface area contributed by atoms with Gasteiger partial charge in [0.15, 0.2) is 5.58 Å². The molecule has 130 valence electrons. The van der Waals surface area contributed by atoms with Crippen molar-refractivity contribution < 1.29 is 18.8 Å². The molecule has 1 unspecified atom stereocenters. The van der Waals surface area contributed by atoms with Gasteiger partial charge in [-0.05, 0) is 18.6 Å². The predicted octanol–water partition coefficient (Wildman–Crippen LogP) is -0.253. The Bertz CT molecular complexity index is 914. The third-order valence-corrected chi connectivity index (χ3v) is 4.63. The number of likely N-dealkylation sites (tertiary alicyclic amines) is 1. The summed E-state index contributed by atoms with van der Waals surface area (Å²) in [4.78, 5) is 50.8. The van der Waals surface area contributed by atoms with Crippen molar-refractivity contribution in [3.63, 3.8) is 0 Å². The number of para-hydroxylation sites is 2. The molecule has 1 N–H and O–H groups in total. The molecule has 25 heavy (non-hydrogen) atoms. The number of nitrogens with one attached hydrogen (secondary N) is 1. The third kappa shape index (κ3) is 2.57. The standard InChI is InChI=1S/C16H16N4O5/c21-13-7-17-15(23)20(13)10-5-6-18(8-10)14(22)9-19-11-3-1-2-4-12(11)25-16(19)24/h1-4,10H,5-9H2,(H,17,23). The number of fused-ring (bicyclic) bond motifs is 1. The van der Waals surface area contributed by atoms with Gasteiger partial charge in [-0.15, -0.1) is 0 Å². The van der Waals surface area contributed by atoms with Gasteiger partial charge in [0.05, 0.1) is 18.1 Å². The molecule has 0 aliphatic carbocycles. The summed E-state index contributed by atoms with van der Waals surface area (Å²) in [5.74, 6) is -1.11. The first kappa shape index (κ1) is 15.4. The van der Waals surface area contributed by atoms with Crippen LogP contribution in [0.1, 0.15) is 6.42 Å². The van der Waals surface area contributed by atoms with Gasteiger partial charge >= 0.3 is 11.8 Å². The topological polar surface area (TPSA) is 105 Å². The number of rotatable bonds is 3. The maximum Gasteiger partial charge on any atom is 0.420 e. The van der Waals surface area contributed by atoms with Crippen LogP contribution in [0.2, 0.25) is 0 Å². The van der Waals surface area contributed by atoms with Gasteiger partial charge in [-0.1, -0.05) is 12.1 Å². The summed E-state index contributed by atoms with van der Waals surface area (Å²) in [5.41, 5.74) is 0.990. The molecule has 1 aromatic carbocycles. The minimum Gasteiger partial charge on any atom is -0.408 e. The van der Waals surface area contributed by atoms with Gasteiger partial charge in [0.25, 0.3) is 0 Å². The summed E-state index contributed by atoms with van der Waals surface area (Å²) < 4.78 is 6.41. The highest BCUT2D eigenvalue weighted by molar-refractivity contribution is 6.02. The smallest absolute Gasteiger partial charge is 0.408 e. The fourth-order valence-electron chi connectivity index (χ4n) is 3.38. The zero-order valence-corrected chi connectivity index (χ0v) is 13.3. The second-order valence-corrected chi connectivity index (χ2v) is 6.13. The number of carbonyl (C=O) groups is 3. The summed E-state index contributed by atoms with van der Waals surface area (Å²) in [6.07, 6.45) is 0.534. The first-order valence-corrected chi connectivity index (χ1v) is 8.00. The number of imide groups is 1. The van der Waals surface area contributed by atoms with Crippen molar-refractivity contribution in [1.29, 1.82) is 0 Å². The van der Waals surface area contributed by atoms with Crippen LogP contribution in [0.4, 0.5) is 4.79 Å². The second kappa shape index (κ2) is 5.76. The number of oxazole rings is 1. The summed E-state index contributed by atoms with van der Waals surface area (Å²) in [7, 11) is 0. The summed E-state index contributed by atoms with van der Waals surface area (Å²) in [5, 5.41) is 2.48. The molecular formula is C16H16N4O5. The van der Waals surface area contributed by atoms with E-state index in [-0.39, 0.29) is 37.5 Å². The molecule has 0 radical (unpaired) electrons. The Morgan fingerprint density at radius 1 is 1.24 bits per heavy atom. The van der Waals surface area contributed by atoms with Gasteiger partial charge in [0.2, 0.25) is 11.8 Å². The highest BCUT2D eigenvalue weighted by Gasteiger charge is 2.39. The lowest BCUT2D eigenvalue weighted by atomic mass is 10.2. The Hall–Kier alpha value is -3.10. The zero-order valence-electron chi connectivity index (χ0n) is 13.3. The van der Waals surface area contributed by atoms with E-state index in [1.165, 1.54) is 9.47 Å². The molecule has 0 saturated carbocycles. The lowest BCUT2D eigenvalue weighted by Gasteiger charge is -2.21. The number of benzene rings is 1. The maximum absolute atomic E-state index is 12.6. The van der Waals surface area contributed by atoms with Crippen LogP contribution < -0.4 is 11.1 Å². The lowest BCUT2D eigenvalue weighted by molar-refractivity contribution is -0.132. The predicted molar refractivity (Wildman–Crippen MR) is 85.7 cm³/mol. The Morgan fingerprint density at radius 2 is 2.04 bits per heavy atom. The van der Waals surface area contributed by atoms with Crippen molar-refractivity contribution in [3.8, 4) is 0 Å². The molecule has 2 aliphatic heterocycles. The average Bonchev–Trinajstić information content (AvgIpc) is 3.27. The van der Waals surface area contributed by atoms with E-state index in [9.17, 15) is 19.2 Å². The Labute approximate surface area is 141 Å². The van der Waals surface area contributed by atoms with Crippen molar-refractivity contribution in [3.05, 3.63) is 34.8 Å². The Balaban J connectivity index is 1.49. The van der Waals surface area contributed by atoms with Crippen molar-refractivity contribution in [2.24, 2.45) is 0 Å². The minimum absolute atomic E-state index is 0.000315. The quantitative estimate of drug-likeness (QED) is 0.773. The van der Waals surface area contributed by atoms with Crippen molar-refractivity contribution >= 4 is 28.9 Å². The molecule has 9 nitrogen and oxygen atoms in total. The van der Waals surface area contributed by atoms with E-state index < -0.39 is 11.8 Å². The SMILES string of the molecule is O=C(Cn1c(=O)oc2ccccc21)N1CCC(N2C(=O)CNC2=O)C1. The molecule has 4 amide bonds. The second-order valence-electron chi connectivity index (χ2n) is 6.13. The molecule has 2 saturated heterocycles. The van der Waals surface area contributed by atoms with E-state index in [0.717, 1.165) is 0 Å². The summed E-state index contributed by atoms with van der Waals surface area (Å²) in [6.45, 7) is 0.579. The van der Waals surface area contributed by atoms with Crippen LogP contribution in [0.15, 0.2) is 33.5 Å². The van der Waals surface area contributed by atoms with Gasteiger partial charge < -0.3 is 14.6 Å². The maximum atomic E-state index is 12.6. The van der Waals surface area contributed by atoms with Crippen LogP contribution in [0.25, 0.3) is 11.1 Å². The average molecular weight is 344 g/mol. The van der Waals surface area contributed by atoms with Crippen molar-refractivity contribution in [2.45, 2.75) is 19.0 Å². The van der Waals surface area contributed by atoms with Crippen molar-refractivity contribution in [2.75, 3.05) is 19.6 Å². The highest BCUT2D eigenvalue weighted by atomic mass is 16.4. The first-order valence-electron chi connectivity index (χ1n) is 8.00. The van der Waals surface area contributed by atoms with Gasteiger partial charge in [0, 0.05) is 13.1 Å². The first-order chi connectivity index (χ1) is 12.0. The van der Waals surface area contributed by atoms with Gasteiger partial charge in [-0.3, -0.25) is 19.1 Å². The molecule has 0 bridgehead atoms. The highest BCUT2D eigenvalue weighted by Crippen LogP contribution is 2.19. The van der Waals surface area contributed by atoms with Gasteiger partial charge in [-0.25, -0.2) is 9.59 Å². The van der Waals surface area contributed by atoms with Crippen LogP contribution in [0, 0.1) is 0 Å². The summed E-state index contributed by atoms with van der Waals surface area (Å²) in [6, 6.07) is 6.16. The molecule has 3 heterocycles. The third-order valence-electron chi connectivity index (χ3n) is 4.63. The number of aromatic nitrogens is 1. The van der Waals surface area contributed by atoms with E-state index in [1.807, 2.05) is 0 Å². The molecule has 9 heteroatoms. The Morgan fingerprint density at radius 3 is 2.80 bits per heavy atom. The van der Waals surface area contributed by atoms with Crippen LogP contribution in [0.3, 0.4) is 0 Å². The number of urea groups is 1. The van der Waals surface area contributed by atoms with Crippen LogP contribution in [-0.4, -0.2) is 57.9 Å². The normalized spacial score (nSPS) is 20.6. The number of hydrogen-bond acceptors (Lipinski definition) is 5. The number of carbonyl (C=O) groups excluding carboxylic acids is 3. The lowest BCUT2D eigenvalue weighted by Crippen LogP contribution is -2.43. The van der Waals surface area contributed by atoms with Crippen LogP contribution >= 0.6 is 0 Å². The van der Waals surface area contributed by atoms with Gasteiger partial charge in [-0.2, -0.15) is 0 Å². The van der Waals surface area contributed by atoms with E-state index in [0.29, 0.717) is 24.1 Å². The van der Waals surface area contributed by atoms with E-state index in [1.54, 1.807) is 29.2 Å². The van der Waals surface area contributed by atoms with E-state index in [4.69, 9.17) is 4.42 Å². The van der Waals surface area contributed by atoms with Crippen molar-refractivity contribution in [1.82, 2.24) is 19.7 Å². The molecule has 1 atom stereocenters. The molecule has 1 aromatic heterocycles. The summed E-state index contributed by atoms with van der Waals surface area (Å²) >= 11 is 0. The van der Waals surface area contributed by atoms with Crippen LogP contribution in [0.5, 0.6) is 0 Å². The molecule has 2 aliphatic rings. The van der Waals surface area contributed by atoms with Crippen LogP contribution in [-0.2, 0) is 16.1 Å². The molecular weight excluding hydrogens is 328 g/mol. The molecule has 2 aromatic rings. The number of nitrogens with zero attached hydrogens (tertiary/aromatic N) is 3. The molecule has 0 spiro atoms. The van der Waals surface area contributed by atoms with E-state index >= 15 is 0 Å². The van der Waals surface area contributed by atoms with E-state index in [2.05, 4.69) is 5.32 Å². The van der Waals surface area contributed by atoms with Gasteiger partial charge in [0.1, 0.15) is 6.54 Å². The molecule has 2 fully saturated rings. The number of amides is 4. The monoisotopic (exact) mass is 344 g/mol. The molecule has 4 rings (SSSR count). The fraction of sp³-hybridized carbons (Fsp3) is 0.375. The number of hydrogen-bond donors (Lipinski definition) is 1. The fourth-order valence-corrected chi connectivity index (χ4v) is 3.38. The minimum atomic E-state index is -0.584. The zero-order chi connectivity index (χ0) is 17.6.